The minimum atomic E-state index is -0.423. The number of phenolic OH excluding ortho intramolecular Hbond substituents is 1. The third-order valence-electron chi connectivity index (χ3n) is 1.66. The molecule has 0 radical (unpaired) electrons. The summed E-state index contributed by atoms with van der Waals surface area (Å²) < 4.78 is 1.11. The molecule has 1 aromatic rings. The van der Waals surface area contributed by atoms with Gasteiger partial charge in [-0.1, -0.05) is 0 Å². The molecule has 0 fully saturated rings. The van der Waals surface area contributed by atoms with Crippen molar-refractivity contribution in [3.05, 3.63) is 26.6 Å². The van der Waals surface area contributed by atoms with E-state index < -0.39 is 6.04 Å². The average Bonchev–Trinajstić information content (AvgIpc) is 2.12. The van der Waals surface area contributed by atoms with Crippen LogP contribution in [-0.4, -0.2) is 16.8 Å². The molecule has 3 nitrogen and oxygen atoms in total. The Kier molecular flexibility index (Phi) is 6.00. The van der Waals surface area contributed by atoms with Gasteiger partial charge in [-0.3, -0.25) is 0 Å². The summed E-state index contributed by atoms with van der Waals surface area (Å²) >= 11 is 6.35. The molecule has 0 aliphatic heterocycles. The molecule has 0 aliphatic carbocycles. The van der Waals surface area contributed by atoms with Gasteiger partial charge in [0.2, 0.25) is 0 Å². The number of nitrogens with two attached hydrogens (primary N) is 1. The van der Waals surface area contributed by atoms with Gasteiger partial charge in [0.1, 0.15) is 5.75 Å². The van der Waals surface area contributed by atoms with Crippen molar-refractivity contribution < 1.29 is 10.2 Å². The van der Waals surface area contributed by atoms with E-state index in [1.165, 1.54) is 0 Å². The van der Waals surface area contributed by atoms with Gasteiger partial charge in [-0.15, -0.1) is 12.4 Å². The third kappa shape index (κ3) is 3.10. The Morgan fingerprint density at radius 2 is 1.71 bits per heavy atom. The van der Waals surface area contributed by atoms with Crippen LogP contribution in [0, 0.1) is 0 Å². The molecular weight excluding hydrogens is 337 g/mol. The number of aliphatic hydroxyl groups excluding tert-OH is 1. The smallest absolute Gasteiger partial charge is 0.143 e. The highest BCUT2D eigenvalue weighted by Crippen LogP contribution is 2.34. The molecule has 0 spiro atoms. The van der Waals surface area contributed by atoms with Crippen LogP contribution in [0.15, 0.2) is 21.1 Å². The number of aromatic hydroxyl groups is 1. The van der Waals surface area contributed by atoms with Crippen molar-refractivity contribution in [2.45, 2.75) is 6.04 Å². The molecule has 0 saturated heterocycles. The van der Waals surface area contributed by atoms with Gasteiger partial charge >= 0.3 is 0 Å². The van der Waals surface area contributed by atoms with Crippen molar-refractivity contribution in [2.24, 2.45) is 5.73 Å². The summed E-state index contributed by atoms with van der Waals surface area (Å²) in [6.45, 7) is -0.121. The molecule has 1 rings (SSSR count). The lowest BCUT2D eigenvalue weighted by molar-refractivity contribution is 0.268. The fourth-order valence-electron chi connectivity index (χ4n) is 0.905. The third-order valence-corrected chi connectivity index (χ3v) is 2.87. The lowest BCUT2D eigenvalue weighted by Gasteiger charge is -2.10. The summed E-state index contributed by atoms with van der Waals surface area (Å²) in [6.07, 6.45) is 0. The van der Waals surface area contributed by atoms with Gasteiger partial charge < -0.3 is 15.9 Å². The van der Waals surface area contributed by atoms with Crippen LogP contribution in [0.2, 0.25) is 0 Å². The number of benzene rings is 1. The van der Waals surface area contributed by atoms with Gasteiger partial charge in [0.25, 0.3) is 0 Å². The largest absolute Gasteiger partial charge is 0.506 e. The maximum Gasteiger partial charge on any atom is 0.143 e. The Morgan fingerprint density at radius 1 is 1.29 bits per heavy atom. The Hall–Kier alpha value is 0.190. The van der Waals surface area contributed by atoms with Crippen LogP contribution in [0.5, 0.6) is 5.75 Å². The van der Waals surface area contributed by atoms with Gasteiger partial charge in [0, 0.05) is 0 Å². The second-order valence-corrected chi connectivity index (χ2v) is 4.33. The van der Waals surface area contributed by atoms with Crippen molar-refractivity contribution in [3.63, 3.8) is 0 Å². The van der Waals surface area contributed by atoms with Gasteiger partial charge in [0.15, 0.2) is 0 Å². The Morgan fingerprint density at radius 3 is 2.07 bits per heavy atom. The molecule has 0 bridgehead atoms. The molecule has 6 heteroatoms. The number of aliphatic hydroxyl groups is 1. The zero-order valence-electron chi connectivity index (χ0n) is 7.08. The molecule has 14 heavy (non-hydrogen) atoms. The van der Waals surface area contributed by atoms with Crippen LogP contribution in [0.3, 0.4) is 0 Å². The Balaban J connectivity index is 0.00000169. The molecular formula is C8H10Br2ClNO2. The molecule has 1 aromatic carbocycles. The predicted molar refractivity (Wildman–Crippen MR) is 64.8 cm³/mol. The molecule has 80 valence electrons. The predicted octanol–water partition coefficient (Wildman–Crippen LogP) is 2.33. The van der Waals surface area contributed by atoms with Crippen molar-refractivity contribution in [2.75, 3.05) is 6.61 Å². The molecule has 0 aliphatic rings. The Bertz CT molecular complexity index is 299. The normalized spacial score (nSPS) is 12.0. The molecule has 0 unspecified atom stereocenters. The van der Waals surface area contributed by atoms with E-state index in [-0.39, 0.29) is 24.8 Å². The topological polar surface area (TPSA) is 66.5 Å². The van der Waals surface area contributed by atoms with E-state index in [1.807, 2.05) is 0 Å². The van der Waals surface area contributed by atoms with Gasteiger partial charge in [-0.2, -0.15) is 0 Å². The van der Waals surface area contributed by atoms with E-state index in [0.717, 1.165) is 5.56 Å². The molecule has 0 saturated carbocycles. The molecule has 0 aromatic heterocycles. The lowest BCUT2D eigenvalue weighted by Crippen LogP contribution is -2.14. The van der Waals surface area contributed by atoms with Gasteiger partial charge in [0.05, 0.1) is 21.6 Å². The first-order valence-electron chi connectivity index (χ1n) is 3.60. The van der Waals surface area contributed by atoms with Crippen LogP contribution in [0.1, 0.15) is 11.6 Å². The number of hydrogen-bond acceptors (Lipinski definition) is 3. The minimum absolute atomic E-state index is 0. The summed E-state index contributed by atoms with van der Waals surface area (Å²) in [6, 6.07) is 2.94. The van der Waals surface area contributed by atoms with E-state index in [9.17, 15) is 5.11 Å². The number of rotatable bonds is 2. The summed E-state index contributed by atoms with van der Waals surface area (Å²) in [5.74, 6) is 0.133. The van der Waals surface area contributed by atoms with E-state index >= 15 is 0 Å². The minimum Gasteiger partial charge on any atom is -0.506 e. The number of hydrogen-bond donors (Lipinski definition) is 3. The summed E-state index contributed by atoms with van der Waals surface area (Å²) in [4.78, 5) is 0. The number of halogens is 3. The van der Waals surface area contributed by atoms with Crippen LogP contribution in [0.4, 0.5) is 0 Å². The van der Waals surface area contributed by atoms with E-state index in [2.05, 4.69) is 31.9 Å². The first-order valence-corrected chi connectivity index (χ1v) is 5.19. The monoisotopic (exact) mass is 345 g/mol. The highest BCUT2D eigenvalue weighted by Gasteiger charge is 2.10. The first kappa shape index (κ1) is 14.2. The Labute approximate surface area is 105 Å². The zero-order chi connectivity index (χ0) is 10.0. The summed E-state index contributed by atoms with van der Waals surface area (Å²) in [7, 11) is 0. The van der Waals surface area contributed by atoms with Crippen molar-refractivity contribution in [1.82, 2.24) is 0 Å². The highest BCUT2D eigenvalue weighted by molar-refractivity contribution is 9.11. The van der Waals surface area contributed by atoms with Crippen LogP contribution < -0.4 is 5.73 Å². The SMILES string of the molecule is Cl.N[C@H](CO)c1cc(Br)c(O)c(Br)c1. The second-order valence-electron chi connectivity index (χ2n) is 2.62. The molecule has 1 atom stereocenters. The first-order chi connectivity index (χ1) is 6.06. The van der Waals surface area contributed by atoms with E-state index in [1.54, 1.807) is 12.1 Å². The van der Waals surface area contributed by atoms with Gasteiger partial charge in [-0.05, 0) is 49.6 Å². The van der Waals surface area contributed by atoms with Gasteiger partial charge in [-0.25, -0.2) is 0 Å². The van der Waals surface area contributed by atoms with E-state index in [0.29, 0.717) is 8.95 Å². The maximum absolute atomic E-state index is 9.39. The molecule has 0 amide bonds. The summed E-state index contributed by atoms with van der Waals surface area (Å²) in [5, 5.41) is 18.2. The van der Waals surface area contributed by atoms with Crippen LogP contribution in [0.25, 0.3) is 0 Å². The summed E-state index contributed by atoms with van der Waals surface area (Å²) in [5.41, 5.74) is 6.37. The lowest BCUT2D eigenvalue weighted by atomic mass is 10.1. The van der Waals surface area contributed by atoms with Crippen molar-refractivity contribution in [1.29, 1.82) is 0 Å². The maximum atomic E-state index is 9.39. The average molecular weight is 347 g/mol. The van der Waals surface area contributed by atoms with Crippen LogP contribution in [-0.2, 0) is 0 Å². The second kappa shape index (κ2) is 5.92. The molecule has 0 heterocycles. The van der Waals surface area contributed by atoms with Crippen LogP contribution >= 0.6 is 44.3 Å². The van der Waals surface area contributed by atoms with Crippen molar-refractivity contribution in [3.8, 4) is 5.75 Å². The van der Waals surface area contributed by atoms with E-state index in [4.69, 9.17) is 10.8 Å². The fraction of sp³-hybridized carbons (Fsp3) is 0.250. The number of phenols is 1. The standard InChI is InChI=1S/C8H9Br2NO2.ClH/c9-5-1-4(7(11)3-12)2-6(10)8(5)13;/h1-2,7,12-13H,3,11H2;1H/t7-;/m1./s1. The highest BCUT2D eigenvalue weighted by atomic mass is 79.9. The zero-order valence-corrected chi connectivity index (χ0v) is 11.1. The molecule has 4 N–H and O–H groups in total. The fourth-order valence-corrected chi connectivity index (χ4v) is 2.13. The van der Waals surface area contributed by atoms with Crippen molar-refractivity contribution >= 4 is 44.3 Å². The quantitative estimate of drug-likeness (QED) is 0.769.